The lowest BCUT2D eigenvalue weighted by Gasteiger charge is -2.36. The molecule has 2 unspecified atom stereocenters. The van der Waals surface area contributed by atoms with Gasteiger partial charge in [-0.25, -0.2) is 4.98 Å². The van der Waals surface area contributed by atoms with Crippen LogP contribution in [0.4, 0.5) is 5.13 Å². The highest BCUT2D eigenvalue weighted by molar-refractivity contribution is 7.15. The molecule has 33 heavy (non-hydrogen) atoms. The molecule has 2 bridgehead atoms. The van der Waals surface area contributed by atoms with Gasteiger partial charge < -0.3 is 4.74 Å². The van der Waals surface area contributed by atoms with E-state index in [-0.39, 0.29) is 36.2 Å². The maximum atomic E-state index is 13.3. The molecule has 2 atom stereocenters. The van der Waals surface area contributed by atoms with Crippen LogP contribution in [0.2, 0.25) is 0 Å². The number of rotatable bonds is 6. The van der Waals surface area contributed by atoms with Crippen LogP contribution in [-0.2, 0) is 38.5 Å². The first-order valence-electron chi connectivity index (χ1n) is 12.1. The standard InChI is InChI=1S/C26H30N2O4S/c29-23(16-32-25(31)20-13-18-9-6-10-19(14-20)24(18)30)28(15-17-7-2-1-3-8-17)26-27-21-11-4-5-12-22(21)33-26/h1-3,7-8,18-20H,4-6,9-16H2. The number of Topliss-reactive ketones (excluding diaryl/α,β-unsaturated/α-hetero) is 1. The molecule has 1 aromatic carbocycles. The molecule has 174 valence electrons. The van der Waals surface area contributed by atoms with Crippen LogP contribution in [-0.4, -0.2) is 29.3 Å². The largest absolute Gasteiger partial charge is 0.455 e. The maximum Gasteiger partial charge on any atom is 0.309 e. The molecule has 2 saturated carbocycles. The Morgan fingerprint density at radius 1 is 1.03 bits per heavy atom. The molecule has 1 amide bonds. The fourth-order valence-corrected chi connectivity index (χ4v) is 6.65. The Hall–Kier alpha value is -2.54. The number of amides is 1. The molecule has 3 aliphatic carbocycles. The Bertz CT molecular complexity index is 995. The fourth-order valence-electron chi connectivity index (χ4n) is 5.48. The van der Waals surface area contributed by atoms with Crippen LogP contribution in [0, 0.1) is 17.8 Å². The number of ketones is 1. The van der Waals surface area contributed by atoms with Gasteiger partial charge in [-0.2, -0.15) is 0 Å². The first-order chi connectivity index (χ1) is 16.1. The van der Waals surface area contributed by atoms with E-state index in [1.54, 1.807) is 16.2 Å². The summed E-state index contributed by atoms with van der Waals surface area (Å²) >= 11 is 1.58. The Morgan fingerprint density at radius 2 is 1.76 bits per heavy atom. The number of thiazole rings is 1. The van der Waals surface area contributed by atoms with E-state index in [2.05, 4.69) is 0 Å². The number of hydrogen-bond acceptors (Lipinski definition) is 6. The molecule has 0 spiro atoms. The normalized spacial score (nSPS) is 24.1. The smallest absolute Gasteiger partial charge is 0.309 e. The monoisotopic (exact) mass is 466 g/mol. The minimum atomic E-state index is -0.342. The Kier molecular flexibility index (Phi) is 6.58. The van der Waals surface area contributed by atoms with E-state index in [0.29, 0.717) is 30.3 Å². The quantitative estimate of drug-likeness (QED) is 0.586. The van der Waals surface area contributed by atoms with Crippen LogP contribution in [0.25, 0.3) is 0 Å². The highest BCUT2D eigenvalue weighted by atomic mass is 32.1. The highest BCUT2D eigenvalue weighted by Crippen LogP contribution is 2.40. The van der Waals surface area contributed by atoms with Crippen molar-refractivity contribution in [3.63, 3.8) is 0 Å². The van der Waals surface area contributed by atoms with Crippen LogP contribution in [0.1, 0.15) is 61.1 Å². The lowest BCUT2D eigenvalue weighted by molar-refractivity contribution is -0.156. The van der Waals surface area contributed by atoms with Gasteiger partial charge in [-0.05, 0) is 56.9 Å². The van der Waals surface area contributed by atoms with Crippen LogP contribution in [0.3, 0.4) is 0 Å². The zero-order chi connectivity index (χ0) is 22.8. The van der Waals surface area contributed by atoms with Gasteiger partial charge in [-0.3, -0.25) is 19.3 Å². The summed E-state index contributed by atoms with van der Waals surface area (Å²) in [5.41, 5.74) is 2.10. The van der Waals surface area contributed by atoms with E-state index < -0.39 is 0 Å². The number of carbonyl (C=O) groups excluding carboxylic acids is 3. The van der Waals surface area contributed by atoms with E-state index >= 15 is 0 Å². The van der Waals surface area contributed by atoms with E-state index in [9.17, 15) is 14.4 Å². The molecule has 1 heterocycles. The molecule has 6 nitrogen and oxygen atoms in total. The third-order valence-corrected chi connectivity index (χ3v) is 8.45. The van der Waals surface area contributed by atoms with Gasteiger partial charge in [0.15, 0.2) is 11.7 Å². The van der Waals surface area contributed by atoms with Gasteiger partial charge in [0.25, 0.3) is 5.91 Å². The first kappa shape index (κ1) is 22.3. The Morgan fingerprint density at radius 3 is 2.48 bits per heavy atom. The zero-order valence-electron chi connectivity index (χ0n) is 18.8. The molecule has 0 N–H and O–H groups in total. The molecule has 0 radical (unpaired) electrons. The van der Waals surface area contributed by atoms with E-state index in [1.807, 2.05) is 30.3 Å². The molecule has 2 aromatic rings. The maximum absolute atomic E-state index is 13.3. The number of fused-ring (bicyclic) bond motifs is 3. The van der Waals surface area contributed by atoms with Crippen LogP contribution < -0.4 is 4.90 Å². The number of carbonyl (C=O) groups is 3. The molecule has 3 aliphatic rings. The van der Waals surface area contributed by atoms with Crippen molar-refractivity contribution in [2.75, 3.05) is 11.5 Å². The number of esters is 1. The zero-order valence-corrected chi connectivity index (χ0v) is 19.6. The number of aryl methyl sites for hydroxylation is 2. The highest BCUT2D eigenvalue weighted by Gasteiger charge is 2.42. The minimum absolute atomic E-state index is 0.0121. The van der Waals surface area contributed by atoms with E-state index in [0.717, 1.165) is 56.2 Å². The molecule has 2 fully saturated rings. The number of hydrogen-bond donors (Lipinski definition) is 0. The molecule has 0 saturated heterocycles. The lowest BCUT2D eigenvalue weighted by Crippen LogP contribution is -2.40. The Labute approximate surface area is 198 Å². The topological polar surface area (TPSA) is 76.6 Å². The van der Waals surface area contributed by atoms with E-state index in [1.165, 1.54) is 4.88 Å². The number of aromatic nitrogens is 1. The first-order valence-corrected chi connectivity index (χ1v) is 12.9. The molecular weight excluding hydrogens is 436 g/mol. The van der Waals surface area contributed by atoms with Crippen molar-refractivity contribution in [3.8, 4) is 0 Å². The second-order valence-corrected chi connectivity index (χ2v) is 10.6. The average molecular weight is 467 g/mol. The van der Waals surface area contributed by atoms with Crippen molar-refractivity contribution in [1.29, 1.82) is 0 Å². The van der Waals surface area contributed by atoms with Crippen molar-refractivity contribution in [2.24, 2.45) is 17.8 Å². The van der Waals surface area contributed by atoms with Gasteiger partial charge in [-0.1, -0.05) is 36.8 Å². The third kappa shape index (κ3) is 4.88. The summed E-state index contributed by atoms with van der Waals surface area (Å²) in [6.45, 7) is 0.0986. The average Bonchev–Trinajstić information content (AvgIpc) is 3.25. The summed E-state index contributed by atoms with van der Waals surface area (Å²) in [4.78, 5) is 46.1. The van der Waals surface area contributed by atoms with Crippen molar-refractivity contribution >= 4 is 34.1 Å². The predicted molar refractivity (Wildman–Crippen MR) is 126 cm³/mol. The van der Waals surface area contributed by atoms with E-state index in [4.69, 9.17) is 9.72 Å². The van der Waals surface area contributed by atoms with Crippen molar-refractivity contribution < 1.29 is 19.1 Å². The van der Waals surface area contributed by atoms with Crippen molar-refractivity contribution in [3.05, 3.63) is 46.5 Å². The molecule has 5 rings (SSSR count). The second-order valence-electron chi connectivity index (χ2n) is 9.54. The van der Waals surface area contributed by atoms with Crippen LogP contribution in [0.5, 0.6) is 0 Å². The summed E-state index contributed by atoms with van der Waals surface area (Å²) in [5.74, 6) is -0.580. The molecule has 0 aliphatic heterocycles. The van der Waals surface area contributed by atoms with Gasteiger partial charge in [0.1, 0.15) is 5.78 Å². The van der Waals surface area contributed by atoms with Gasteiger partial charge in [0, 0.05) is 16.7 Å². The van der Waals surface area contributed by atoms with Gasteiger partial charge >= 0.3 is 5.97 Å². The Balaban J connectivity index is 1.27. The number of benzene rings is 1. The third-order valence-electron chi connectivity index (χ3n) is 7.27. The minimum Gasteiger partial charge on any atom is -0.455 e. The van der Waals surface area contributed by atoms with Crippen molar-refractivity contribution in [1.82, 2.24) is 4.98 Å². The summed E-state index contributed by atoms with van der Waals surface area (Å²) in [7, 11) is 0. The molecule has 7 heteroatoms. The molecule has 1 aromatic heterocycles. The molecular formula is C26H30N2O4S. The van der Waals surface area contributed by atoms with Crippen LogP contribution >= 0.6 is 11.3 Å². The van der Waals surface area contributed by atoms with Crippen LogP contribution in [0.15, 0.2) is 30.3 Å². The second kappa shape index (κ2) is 9.75. The summed E-state index contributed by atoms with van der Waals surface area (Å²) in [5, 5.41) is 0.685. The van der Waals surface area contributed by atoms with Gasteiger partial charge in [0.2, 0.25) is 0 Å². The number of anilines is 1. The SMILES string of the molecule is O=C(OCC(=O)N(Cc1ccccc1)c1nc2c(s1)CCCC2)C1CC2CCCC(C1)C2=O. The summed E-state index contributed by atoms with van der Waals surface area (Å²) in [6, 6.07) is 9.82. The fraction of sp³-hybridized carbons (Fsp3) is 0.538. The number of nitrogens with zero attached hydrogens (tertiary/aromatic N) is 2. The van der Waals surface area contributed by atoms with Gasteiger partial charge in [0.05, 0.1) is 18.2 Å². The number of ether oxygens (including phenoxy) is 1. The summed E-state index contributed by atoms with van der Waals surface area (Å²) in [6.07, 6.45) is 8.19. The lowest BCUT2D eigenvalue weighted by atomic mass is 9.67. The van der Waals surface area contributed by atoms with Gasteiger partial charge in [-0.15, -0.1) is 11.3 Å². The van der Waals surface area contributed by atoms with Crippen molar-refractivity contribution in [2.45, 2.75) is 64.3 Å². The summed E-state index contributed by atoms with van der Waals surface area (Å²) < 4.78 is 5.52. The predicted octanol–water partition coefficient (Wildman–Crippen LogP) is 4.49.